The fourth-order valence-electron chi connectivity index (χ4n) is 2.34. The molecule has 1 heterocycles. The first-order valence-corrected chi connectivity index (χ1v) is 8.14. The number of carbonyl (C=O) groups excluding carboxylic acids is 1. The Labute approximate surface area is 159 Å². The zero-order valence-corrected chi connectivity index (χ0v) is 15.2. The number of aromatic carboxylic acids is 1. The minimum atomic E-state index is -1.24. The van der Waals surface area contributed by atoms with E-state index in [1.54, 1.807) is 43.5 Å². The number of rotatable bonds is 6. The fraction of sp³-hybridized carbons (Fsp3) is 0.105. The summed E-state index contributed by atoms with van der Waals surface area (Å²) in [6.07, 6.45) is 1.59. The summed E-state index contributed by atoms with van der Waals surface area (Å²) < 4.78 is 15.7. The lowest BCUT2D eigenvalue weighted by molar-refractivity contribution is -0.255. The van der Waals surface area contributed by atoms with E-state index in [2.05, 4.69) is 10.1 Å². The van der Waals surface area contributed by atoms with Gasteiger partial charge in [0, 0.05) is 5.56 Å². The van der Waals surface area contributed by atoms with Crippen molar-refractivity contribution in [3.8, 4) is 22.9 Å². The van der Waals surface area contributed by atoms with Gasteiger partial charge in [-0.05, 0) is 35.4 Å². The van der Waals surface area contributed by atoms with Crippen molar-refractivity contribution >= 4 is 28.7 Å². The Balaban J connectivity index is 1.85. The van der Waals surface area contributed by atoms with Crippen LogP contribution < -0.4 is 14.6 Å². The number of halogens is 1. The third kappa shape index (κ3) is 4.09. The van der Waals surface area contributed by atoms with Crippen LogP contribution in [-0.2, 0) is 0 Å². The lowest BCUT2D eigenvalue weighted by Gasteiger charge is -2.07. The summed E-state index contributed by atoms with van der Waals surface area (Å²) in [6, 6.07) is 11.3. The average molecular weight is 386 g/mol. The molecule has 3 rings (SSSR count). The standard InChI is InChI=1S/C19H15ClN2O5/c1-25-15-8-7-13(10-16(15)26-2)17-21-18(27-22-17)14(20)9-11-3-5-12(6-4-11)19(23)24/h3-10H,1-2H3,(H,23,24)/p-1/b14-9-. The van der Waals surface area contributed by atoms with E-state index in [9.17, 15) is 9.90 Å². The van der Waals surface area contributed by atoms with E-state index < -0.39 is 5.97 Å². The Morgan fingerprint density at radius 1 is 1.11 bits per heavy atom. The van der Waals surface area contributed by atoms with Gasteiger partial charge in [-0.2, -0.15) is 4.98 Å². The van der Waals surface area contributed by atoms with Gasteiger partial charge in [0.05, 0.1) is 20.2 Å². The van der Waals surface area contributed by atoms with Crippen LogP contribution in [0.25, 0.3) is 22.5 Å². The topological polar surface area (TPSA) is 97.5 Å². The SMILES string of the molecule is COc1ccc(-c2noc(/C(Cl)=C/c3ccc(C(=O)[O-])cc3)n2)cc1OC. The Morgan fingerprint density at radius 2 is 1.81 bits per heavy atom. The van der Waals surface area contributed by atoms with Crippen LogP contribution in [-0.4, -0.2) is 30.3 Å². The van der Waals surface area contributed by atoms with Crippen molar-refractivity contribution in [3.63, 3.8) is 0 Å². The zero-order chi connectivity index (χ0) is 19.4. The molecular weight excluding hydrogens is 372 g/mol. The molecule has 3 aromatic rings. The number of carboxylic acids is 1. The fourth-order valence-corrected chi connectivity index (χ4v) is 2.54. The summed E-state index contributed by atoms with van der Waals surface area (Å²) in [7, 11) is 3.09. The second-order valence-corrected chi connectivity index (χ2v) is 5.80. The lowest BCUT2D eigenvalue weighted by atomic mass is 10.1. The summed E-state index contributed by atoms with van der Waals surface area (Å²) in [4.78, 5) is 15.1. The Hall–Kier alpha value is -3.32. The van der Waals surface area contributed by atoms with Gasteiger partial charge in [-0.25, -0.2) is 0 Å². The summed E-state index contributed by atoms with van der Waals surface area (Å²) >= 11 is 6.24. The molecule has 0 amide bonds. The Bertz CT molecular complexity index is 996. The lowest BCUT2D eigenvalue weighted by Crippen LogP contribution is -2.21. The minimum Gasteiger partial charge on any atom is -0.545 e. The second-order valence-electron chi connectivity index (χ2n) is 5.39. The molecule has 8 heteroatoms. The predicted octanol–water partition coefficient (Wildman–Crippen LogP) is 2.85. The van der Waals surface area contributed by atoms with Gasteiger partial charge in [0.25, 0.3) is 5.89 Å². The number of benzene rings is 2. The van der Waals surface area contributed by atoms with Crippen molar-refractivity contribution in [1.29, 1.82) is 0 Å². The van der Waals surface area contributed by atoms with Crippen LogP contribution in [0.5, 0.6) is 11.5 Å². The molecule has 0 aliphatic heterocycles. The van der Waals surface area contributed by atoms with Crippen molar-refractivity contribution in [2.45, 2.75) is 0 Å². The highest BCUT2D eigenvalue weighted by molar-refractivity contribution is 6.50. The Kier molecular flexibility index (Phi) is 5.42. The van der Waals surface area contributed by atoms with Gasteiger partial charge in [0.1, 0.15) is 5.03 Å². The van der Waals surface area contributed by atoms with Gasteiger partial charge in [-0.1, -0.05) is 41.0 Å². The zero-order valence-electron chi connectivity index (χ0n) is 14.4. The molecule has 1 aromatic heterocycles. The molecule has 0 atom stereocenters. The molecule has 0 fully saturated rings. The molecule has 0 radical (unpaired) electrons. The van der Waals surface area contributed by atoms with Crippen molar-refractivity contribution in [3.05, 3.63) is 59.5 Å². The van der Waals surface area contributed by atoms with E-state index in [4.69, 9.17) is 25.6 Å². The van der Waals surface area contributed by atoms with Crippen LogP contribution in [0.15, 0.2) is 47.0 Å². The molecule has 27 heavy (non-hydrogen) atoms. The maximum Gasteiger partial charge on any atom is 0.269 e. The van der Waals surface area contributed by atoms with Gasteiger partial charge in [0.15, 0.2) is 11.5 Å². The largest absolute Gasteiger partial charge is 0.545 e. The van der Waals surface area contributed by atoms with E-state index in [0.717, 1.165) is 0 Å². The first kappa shape index (κ1) is 18.5. The average Bonchev–Trinajstić information content (AvgIpc) is 3.18. The molecular formula is C19H14ClN2O5-. The van der Waals surface area contributed by atoms with E-state index in [1.165, 1.54) is 19.2 Å². The predicted molar refractivity (Wildman–Crippen MR) is 97.3 cm³/mol. The molecule has 0 bridgehead atoms. The number of hydrogen-bond acceptors (Lipinski definition) is 7. The molecule has 0 saturated carbocycles. The van der Waals surface area contributed by atoms with E-state index in [1.807, 2.05) is 0 Å². The number of nitrogens with zero attached hydrogens (tertiary/aromatic N) is 2. The summed E-state index contributed by atoms with van der Waals surface area (Å²) in [5.74, 6) is 0.349. The van der Waals surface area contributed by atoms with Gasteiger partial charge in [0.2, 0.25) is 5.82 Å². The van der Waals surface area contributed by atoms with E-state index in [-0.39, 0.29) is 16.5 Å². The normalized spacial score (nSPS) is 11.3. The first-order chi connectivity index (χ1) is 13.0. The highest BCUT2D eigenvalue weighted by Crippen LogP contribution is 2.32. The van der Waals surface area contributed by atoms with Crippen molar-refractivity contribution in [1.82, 2.24) is 10.1 Å². The smallest absolute Gasteiger partial charge is 0.269 e. The highest BCUT2D eigenvalue weighted by Gasteiger charge is 2.14. The third-order valence-electron chi connectivity index (χ3n) is 3.71. The number of methoxy groups -OCH3 is 2. The van der Waals surface area contributed by atoms with Crippen molar-refractivity contribution in [2.24, 2.45) is 0 Å². The summed E-state index contributed by atoms with van der Waals surface area (Å²) in [6.45, 7) is 0. The van der Waals surface area contributed by atoms with Crippen molar-refractivity contribution < 1.29 is 23.9 Å². The molecule has 0 aliphatic rings. The van der Waals surface area contributed by atoms with E-state index in [0.29, 0.717) is 28.5 Å². The van der Waals surface area contributed by atoms with Crippen LogP contribution >= 0.6 is 11.6 Å². The molecule has 0 aliphatic carbocycles. The number of ether oxygens (including phenoxy) is 2. The van der Waals surface area contributed by atoms with Crippen molar-refractivity contribution in [2.75, 3.05) is 14.2 Å². The molecule has 0 unspecified atom stereocenters. The summed E-state index contributed by atoms with van der Waals surface area (Å²) in [5, 5.41) is 14.9. The maximum absolute atomic E-state index is 10.8. The summed E-state index contributed by atoms with van der Waals surface area (Å²) in [5.41, 5.74) is 1.43. The molecule has 0 N–H and O–H groups in total. The Morgan fingerprint density at radius 3 is 2.44 bits per heavy atom. The van der Waals surface area contributed by atoms with Gasteiger partial charge in [-0.3, -0.25) is 0 Å². The van der Waals surface area contributed by atoms with Crippen LogP contribution in [0.2, 0.25) is 0 Å². The molecule has 138 valence electrons. The van der Waals surface area contributed by atoms with Crippen LogP contribution in [0, 0.1) is 0 Å². The number of aromatic nitrogens is 2. The third-order valence-corrected chi connectivity index (χ3v) is 3.98. The van der Waals surface area contributed by atoms with Gasteiger partial charge >= 0.3 is 0 Å². The van der Waals surface area contributed by atoms with Crippen LogP contribution in [0.1, 0.15) is 21.8 Å². The second kappa shape index (κ2) is 7.92. The van der Waals surface area contributed by atoms with Gasteiger partial charge in [-0.15, -0.1) is 0 Å². The number of carboxylic acid groups (broad SMARTS) is 1. The maximum atomic E-state index is 10.8. The minimum absolute atomic E-state index is 0.0804. The first-order valence-electron chi connectivity index (χ1n) is 7.77. The monoisotopic (exact) mass is 385 g/mol. The molecule has 0 spiro atoms. The number of carbonyl (C=O) groups is 1. The molecule has 7 nitrogen and oxygen atoms in total. The highest BCUT2D eigenvalue weighted by atomic mass is 35.5. The quantitative estimate of drug-likeness (QED) is 0.643. The molecule has 2 aromatic carbocycles. The van der Waals surface area contributed by atoms with E-state index >= 15 is 0 Å². The van der Waals surface area contributed by atoms with Gasteiger partial charge < -0.3 is 23.9 Å². The number of hydrogen-bond donors (Lipinski definition) is 0. The van der Waals surface area contributed by atoms with Crippen LogP contribution in [0.3, 0.4) is 0 Å². The molecule has 0 saturated heterocycles. The van der Waals surface area contributed by atoms with Crippen LogP contribution in [0.4, 0.5) is 0 Å².